The number of aromatic nitrogens is 2. The van der Waals surface area contributed by atoms with Gasteiger partial charge in [0.1, 0.15) is 6.61 Å². The quantitative estimate of drug-likeness (QED) is 0.612. The van der Waals surface area contributed by atoms with Crippen LogP contribution in [0.2, 0.25) is 0 Å². The Bertz CT molecular complexity index is 399. The highest BCUT2D eigenvalue weighted by atomic mass is 16.6. The fourth-order valence-electron chi connectivity index (χ4n) is 1.40. The monoisotopic (exact) mass is 241 g/mol. The summed E-state index contributed by atoms with van der Waals surface area (Å²) in [7, 11) is 1.66. The number of nitrogen functional groups attached to an aromatic ring is 1. The van der Waals surface area contributed by atoms with Crippen molar-refractivity contribution in [2.24, 2.45) is 7.05 Å². The van der Waals surface area contributed by atoms with Crippen molar-refractivity contribution in [1.29, 1.82) is 0 Å². The van der Waals surface area contributed by atoms with Gasteiger partial charge < -0.3 is 15.2 Å². The Kier molecular flexibility index (Phi) is 4.51. The van der Waals surface area contributed by atoms with Gasteiger partial charge in [-0.2, -0.15) is 5.10 Å². The van der Waals surface area contributed by atoms with E-state index in [2.05, 4.69) is 5.10 Å². The van der Waals surface area contributed by atoms with Gasteiger partial charge >= 0.3 is 5.97 Å². The van der Waals surface area contributed by atoms with Gasteiger partial charge in [-0.1, -0.05) is 0 Å². The highest BCUT2D eigenvalue weighted by molar-refractivity contribution is 5.93. The first-order valence-electron chi connectivity index (χ1n) is 5.51. The Balaban J connectivity index is 2.53. The number of aryl methyl sites for hydroxylation is 2. The number of hydrogen-bond donors (Lipinski definition) is 1. The molecule has 0 atom stereocenters. The number of rotatable bonds is 5. The van der Waals surface area contributed by atoms with Crippen molar-refractivity contribution in [3.8, 4) is 0 Å². The zero-order valence-electron chi connectivity index (χ0n) is 10.7. The second-order valence-electron chi connectivity index (χ2n) is 4.03. The van der Waals surface area contributed by atoms with Gasteiger partial charge in [-0.3, -0.25) is 4.68 Å². The smallest absolute Gasteiger partial charge is 0.358 e. The average Bonchev–Trinajstić information content (AvgIpc) is 2.48. The van der Waals surface area contributed by atoms with E-state index in [1.54, 1.807) is 14.0 Å². The van der Waals surface area contributed by atoms with E-state index < -0.39 is 5.97 Å². The lowest BCUT2D eigenvalue weighted by molar-refractivity contribution is 0.0170. The van der Waals surface area contributed by atoms with Crippen molar-refractivity contribution >= 4 is 11.7 Å². The minimum Gasteiger partial charge on any atom is -0.458 e. The Labute approximate surface area is 101 Å². The van der Waals surface area contributed by atoms with Gasteiger partial charge in [0.15, 0.2) is 5.69 Å². The van der Waals surface area contributed by atoms with E-state index in [9.17, 15) is 4.79 Å². The average molecular weight is 241 g/mol. The van der Waals surface area contributed by atoms with Gasteiger partial charge in [0.2, 0.25) is 0 Å². The molecule has 0 bridgehead atoms. The van der Waals surface area contributed by atoms with E-state index in [-0.39, 0.29) is 18.4 Å². The van der Waals surface area contributed by atoms with Crippen molar-refractivity contribution in [2.75, 3.05) is 18.9 Å². The molecular formula is C11H19N3O3. The van der Waals surface area contributed by atoms with Gasteiger partial charge in [0.05, 0.1) is 24.1 Å². The second kappa shape index (κ2) is 5.67. The topological polar surface area (TPSA) is 79.4 Å². The number of carbonyl (C=O) groups excluding carboxylic acids is 1. The van der Waals surface area contributed by atoms with Crippen LogP contribution in [0.4, 0.5) is 5.69 Å². The molecule has 0 aliphatic rings. The molecule has 1 aromatic rings. The third kappa shape index (κ3) is 3.45. The molecule has 0 saturated carbocycles. The van der Waals surface area contributed by atoms with Crippen molar-refractivity contribution in [3.63, 3.8) is 0 Å². The largest absolute Gasteiger partial charge is 0.458 e. The molecule has 1 aromatic heterocycles. The Morgan fingerprint density at radius 3 is 2.59 bits per heavy atom. The third-order valence-corrected chi connectivity index (χ3v) is 2.23. The van der Waals surface area contributed by atoms with Crippen molar-refractivity contribution < 1.29 is 14.3 Å². The molecule has 0 unspecified atom stereocenters. The predicted octanol–water partition coefficient (Wildman–Crippen LogP) is 0.893. The fraction of sp³-hybridized carbons (Fsp3) is 0.636. The predicted molar refractivity (Wildman–Crippen MR) is 63.7 cm³/mol. The van der Waals surface area contributed by atoms with Gasteiger partial charge in [0, 0.05) is 7.05 Å². The number of nitrogens with zero attached hydrogens (tertiary/aromatic N) is 2. The molecule has 96 valence electrons. The molecule has 0 amide bonds. The molecule has 17 heavy (non-hydrogen) atoms. The van der Waals surface area contributed by atoms with Gasteiger partial charge in [0.25, 0.3) is 0 Å². The van der Waals surface area contributed by atoms with Crippen LogP contribution in [-0.4, -0.2) is 35.1 Å². The Morgan fingerprint density at radius 2 is 2.12 bits per heavy atom. The van der Waals surface area contributed by atoms with Crippen LogP contribution in [0.15, 0.2) is 0 Å². The summed E-state index contributed by atoms with van der Waals surface area (Å²) in [6.45, 7) is 6.17. The summed E-state index contributed by atoms with van der Waals surface area (Å²) in [5.41, 5.74) is 7.01. The van der Waals surface area contributed by atoms with Crippen LogP contribution in [-0.2, 0) is 16.5 Å². The first kappa shape index (κ1) is 13.5. The van der Waals surface area contributed by atoms with Gasteiger partial charge in [-0.25, -0.2) is 4.79 Å². The molecule has 1 heterocycles. The molecule has 6 heteroatoms. The minimum atomic E-state index is -0.474. The van der Waals surface area contributed by atoms with Crippen LogP contribution in [0, 0.1) is 6.92 Å². The molecular weight excluding hydrogens is 222 g/mol. The summed E-state index contributed by atoms with van der Waals surface area (Å²) in [5.74, 6) is -0.474. The van der Waals surface area contributed by atoms with Crippen molar-refractivity contribution in [2.45, 2.75) is 26.9 Å². The molecule has 0 radical (unpaired) electrons. The van der Waals surface area contributed by atoms with Crippen LogP contribution >= 0.6 is 0 Å². The van der Waals surface area contributed by atoms with Crippen LogP contribution in [0.1, 0.15) is 30.0 Å². The van der Waals surface area contributed by atoms with Crippen LogP contribution < -0.4 is 5.73 Å². The minimum absolute atomic E-state index is 0.123. The van der Waals surface area contributed by atoms with E-state index in [4.69, 9.17) is 15.2 Å². The maximum atomic E-state index is 11.7. The van der Waals surface area contributed by atoms with E-state index in [0.29, 0.717) is 18.0 Å². The normalized spacial score (nSPS) is 10.9. The summed E-state index contributed by atoms with van der Waals surface area (Å²) in [6, 6.07) is 0. The zero-order chi connectivity index (χ0) is 13.0. The molecule has 2 N–H and O–H groups in total. The van der Waals surface area contributed by atoms with E-state index >= 15 is 0 Å². The molecule has 0 saturated heterocycles. The van der Waals surface area contributed by atoms with Crippen molar-refractivity contribution in [3.05, 3.63) is 11.4 Å². The van der Waals surface area contributed by atoms with Gasteiger partial charge in [-0.15, -0.1) is 0 Å². The second-order valence-corrected chi connectivity index (χ2v) is 4.03. The lowest BCUT2D eigenvalue weighted by Gasteiger charge is -2.08. The highest BCUT2D eigenvalue weighted by Gasteiger charge is 2.19. The number of nitrogens with two attached hydrogens (primary N) is 1. The summed E-state index contributed by atoms with van der Waals surface area (Å²) in [6.07, 6.45) is 0.123. The third-order valence-electron chi connectivity index (χ3n) is 2.23. The standard InChI is InChI=1S/C11H19N3O3/c1-7(2)16-5-6-17-11(15)10-9(12)8(3)13-14(10)4/h7H,5-6,12H2,1-4H3. The van der Waals surface area contributed by atoms with E-state index in [0.717, 1.165) is 0 Å². The first-order chi connectivity index (χ1) is 7.93. The fourth-order valence-corrected chi connectivity index (χ4v) is 1.40. The summed E-state index contributed by atoms with van der Waals surface area (Å²) < 4.78 is 11.7. The molecule has 0 aliphatic carbocycles. The lowest BCUT2D eigenvalue weighted by atomic mass is 10.3. The number of hydrogen-bond acceptors (Lipinski definition) is 5. The maximum absolute atomic E-state index is 11.7. The number of anilines is 1. The highest BCUT2D eigenvalue weighted by Crippen LogP contribution is 2.15. The van der Waals surface area contributed by atoms with Crippen LogP contribution in [0.25, 0.3) is 0 Å². The summed E-state index contributed by atoms with van der Waals surface area (Å²) in [5, 5.41) is 4.05. The molecule has 0 spiro atoms. The summed E-state index contributed by atoms with van der Waals surface area (Å²) in [4.78, 5) is 11.7. The maximum Gasteiger partial charge on any atom is 0.358 e. The van der Waals surface area contributed by atoms with Crippen molar-refractivity contribution in [1.82, 2.24) is 9.78 Å². The Morgan fingerprint density at radius 1 is 1.47 bits per heavy atom. The lowest BCUT2D eigenvalue weighted by Crippen LogP contribution is -2.16. The molecule has 6 nitrogen and oxygen atoms in total. The zero-order valence-corrected chi connectivity index (χ0v) is 10.7. The number of carbonyl (C=O) groups is 1. The number of esters is 1. The molecule has 0 fully saturated rings. The van der Waals surface area contributed by atoms with E-state index in [1.165, 1.54) is 4.68 Å². The Hall–Kier alpha value is -1.56. The van der Waals surface area contributed by atoms with Gasteiger partial charge in [-0.05, 0) is 20.8 Å². The molecule has 1 rings (SSSR count). The summed E-state index contributed by atoms with van der Waals surface area (Å²) >= 11 is 0. The number of ether oxygens (including phenoxy) is 2. The molecule has 0 aliphatic heterocycles. The molecule has 0 aromatic carbocycles. The van der Waals surface area contributed by atoms with Crippen LogP contribution in [0.3, 0.4) is 0 Å². The van der Waals surface area contributed by atoms with E-state index in [1.807, 2.05) is 13.8 Å². The first-order valence-corrected chi connectivity index (χ1v) is 5.51. The SMILES string of the molecule is Cc1nn(C)c(C(=O)OCCOC(C)C)c1N. The van der Waals surface area contributed by atoms with Crippen LogP contribution in [0.5, 0.6) is 0 Å².